The van der Waals surface area contributed by atoms with Crippen LogP contribution in [-0.4, -0.2) is 5.71 Å². The van der Waals surface area contributed by atoms with Gasteiger partial charge in [-0.3, -0.25) is 0 Å². The maximum absolute atomic E-state index is 12.3. The average molecular weight is 206 g/mol. The lowest BCUT2D eigenvalue weighted by Gasteiger charge is -1.96. The Morgan fingerprint density at radius 2 is 2.10 bits per heavy atom. The monoisotopic (exact) mass is 205 g/mol. The molecular formula is C7H9BrFN. The summed E-state index contributed by atoms with van der Waals surface area (Å²) in [5.74, 6) is -0.497. The fourth-order valence-electron chi connectivity index (χ4n) is 0.478. The van der Waals surface area contributed by atoms with Crippen molar-refractivity contribution in [1.82, 2.24) is 0 Å². The van der Waals surface area contributed by atoms with Crippen molar-refractivity contribution in [2.75, 3.05) is 0 Å². The van der Waals surface area contributed by atoms with Gasteiger partial charge in [0.25, 0.3) is 0 Å². The van der Waals surface area contributed by atoms with Gasteiger partial charge in [0.15, 0.2) is 0 Å². The summed E-state index contributed by atoms with van der Waals surface area (Å²) in [6.07, 6.45) is 0.528. The maximum atomic E-state index is 12.3. The van der Waals surface area contributed by atoms with Gasteiger partial charge in [-0.25, -0.2) is 9.38 Å². The van der Waals surface area contributed by atoms with Gasteiger partial charge in [0, 0.05) is 0 Å². The third-order valence-corrected chi connectivity index (χ3v) is 1.08. The number of halogens is 2. The van der Waals surface area contributed by atoms with Crippen molar-refractivity contribution in [2.45, 2.75) is 13.3 Å². The fourth-order valence-corrected chi connectivity index (χ4v) is 0.692. The van der Waals surface area contributed by atoms with Gasteiger partial charge in [-0.15, -0.1) is 0 Å². The van der Waals surface area contributed by atoms with Crippen LogP contribution in [0.2, 0.25) is 0 Å². The van der Waals surface area contributed by atoms with E-state index in [9.17, 15) is 4.39 Å². The lowest BCUT2D eigenvalue weighted by atomic mass is 10.3. The van der Waals surface area contributed by atoms with Gasteiger partial charge in [-0.2, -0.15) is 0 Å². The third kappa shape index (κ3) is 3.56. The molecule has 0 aromatic rings. The lowest BCUT2D eigenvalue weighted by Crippen LogP contribution is -1.94. The molecule has 0 fully saturated rings. The van der Waals surface area contributed by atoms with Crippen molar-refractivity contribution in [1.29, 1.82) is 0 Å². The van der Waals surface area contributed by atoms with Crippen molar-refractivity contribution < 1.29 is 4.39 Å². The SMILES string of the molecule is C=C(Br)/N=C(/CC)C(=C)F. The number of aliphatic imine (C=N–C) groups is 1. The summed E-state index contributed by atoms with van der Waals surface area (Å²) in [6.45, 7) is 8.37. The largest absolute Gasteiger partial charge is 0.244 e. The summed E-state index contributed by atoms with van der Waals surface area (Å²) in [7, 11) is 0. The van der Waals surface area contributed by atoms with Crippen LogP contribution < -0.4 is 0 Å². The second-order valence-electron chi connectivity index (χ2n) is 1.69. The van der Waals surface area contributed by atoms with E-state index in [2.05, 4.69) is 34.1 Å². The van der Waals surface area contributed by atoms with E-state index in [0.29, 0.717) is 16.7 Å². The topological polar surface area (TPSA) is 12.4 Å². The zero-order valence-electron chi connectivity index (χ0n) is 5.82. The molecular weight excluding hydrogens is 197 g/mol. The molecule has 0 aliphatic carbocycles. The van der Waals surface area contributed by atoms with Crippen LogP contribution in [0.15, 0.2) is 28.6 Å². The first-order valence-electron chi connectivity index (χ1n) is 2.84. The number of nitrogens with zero attached hydrogens (tertiary/aromatic N) is 1. The highest BCUT2D eigenvalue weighted by Gasteiger charge is 1.99. The van der Waals surface area contributed by atoms with Gasteiger partial charge >= 0.3 is 0 Å². The Kier molecular flexibility index (Phi) is 4.19. The summed E-state index contributed by atoms with van der Waals surface area (Å²) in [5, 5.41) is 0. The van der Waals surface area contributed by atoms with Gasteiger partial charge in [0.1, 0.15) is 5.83 Å². The van der Waals surface area contributed by atoms with E-state index in [1.807, 2.05) is 0 Å². The Labute approximate surface area is 68.5 Å². The lowest BCUT2D eigenvalue weighted by molar-refractivity contribution is 0.681. The molecule has 0 aliphatic heterocycles. The summed E-state index contributed by atoms with van der Waals surface area (Å²) in [6, 6.07) is 0. The molecule has 0 bridgehead atoms. The molecule has 0 heterocycles. The zero-order valence-corrected chi connectivity index (χ0v) is 7.41. The van der Waals surface area contributed by atoms with Crippen molar-refractivity contribution in [2.24, 2.45) is 4.99 Å². The normalized spacial score (nSPS) is 11.3. The maximum Gasteiger partial charge on any atom is 0.137 e. The van der Waals surface area contributed by atoms with Crippen LogP contribution in [0.3, 0.4) is 0 Å². The van der Waals surface area contributed by atoms with Crippen LogP contribution in [0.5, 0.6) is 0 Å². The van der Waals surface area contributed by atoms with Gasteiger partial charge < -0.3 is 0 Å². The third-order valence-electron chi connectivity index (χ3n) is 0.904. The second-order valence-corrected chi connectivity index (χ2v) is 2.61. The molecule has 0 N–H and O–H groups in total. The van der Waals surface area contributed by atoms with E-state index in [1.165, 1.54) is 0 Å². The number of hydrogen-bond acceptors (Lipinski definition) is 1. The molecule has 3 heteroatoms. The van der Waals surface area contributed by atoms with Crippen molar-refractivity contribution in [3.63, 3.8) is 0 Å². The van der Waals surface area contributed by atoms with E-state index < -0.39 is 5.83 Å². The predicted octanol–water partition coefficient (Wildman–Crippen LogP) is 3.19. The molecule has 0 saturated heterocycles. The van der Waals surface area contributed by atoms with Crippen molar-refractivity contribution >= 4 is 21.6 Å². The molecule has 0 atom stereocenters. The molecule has 0 saturated carbocycles. The van der Waals surface area contributed by atoms with Crippen LogP contribution in [0.4, 0.5) is 4.39 Å². The minimum atomic E-state index is -0.497. The van der Waals surface area contributed by atoms with Crippen LogP contribution in [0.25, 0.3) is 0 Å². The number of hydrogen-bond donors (Lipinski definition) is 0. The molecule has 0 aromatic heterocycles. The summed E-state index contributed by atoms with van der Waals surface area (Å²) in [5.41, 5.74) is 0.335. The number of rotatable bonds is 3. The summed E-state index contributed by atoms with van der Waals surface area (Å²) in [4.78, 5) is 3.76. The van der Waals surface area contributed by atoms with Gasteiger partial charge in [-0.1, -0.05) is 20.1 Å². The minimum Gasteiger partial charge on any atom is -0.244 e. The first-order chi connectivity index (χ1) is 4.57. The van der Waals surface area contributed by atoms with Crippen LogP contribution in [-0.2, 0) is 0 Å². The van der Waals surface area contributed by atoms with Crippen LogP contribution in [0.1, 0.15) is 13.3 Å². The zero-order chi connectivity index (χ0) is 8.15. The van der Waals surface area contributed by atoms with Crippen molar-refractivity contribution in [3.05, 3.63) is 23.6 Å². The minimum absolute atomic E-state index is 0.335. The smallest absolute Gasteiger partial charge is 0.137 e. The molecule has 56 valence electrons. The molecule has 10 heavy (non-hydrogen) atoms. The molecule has 0 unspecified atom stereocenters. The van der Waals surface area contributed by atoms with Gasteiger partial charge in [0.2, 0.25) is 0 Å². The Hall–Kier alpha value is -0.440. The highest BCUT2D eigenvalue weighted by atomic mass is 79.9. The molecule has 0 rings (SSSR count). The first-order valence-corrected chi connectivity index (χ1v) is 3.64. The average Bonchev–Trinajstić information content (AvgIpc) is 1.81. The quantitative estimate of drug-likeness (QED) is 0.496. The Balaban J connectivity index is 4.34. The van der Waals surface area contributed by atoms with E-state index in [-0.39, 0.29) is 0 Å². The van der Waals surface area contributed by atoms with Gasteiger partial charge in [-0.05, 0) is 22.4 Å². The highest BCUT2D eigenvalue weighted by Crippen LogP contribution is 2.08. The second kappa shape index (κ2) is 4.39. The van der Waals surface area contributed by atoms with Crippen molar-refractivity contribution in [3.8, 4) is 0 Å². The number of allylic oxidation sites excluding steroid dienone is 1. The molecule has 0 spiro atoms. The Bertz CT molecular complexity index is 184. The molecule has 0 radical (unpaired) electrons. The standard InChI is InChI=1S/C7H9BrFN/c1-4-7(5(2)9)10-6(3)8/h2-4H2,1H3/b10-7-. The molecule has 0 amide bonds. The van der Waals surface area contributed by atoms with Gasteiger partial charge in [0.05, 0.1) is 10.3 Å². The predicted molar refractivity (Wildman–Crippen MR) is 46.0 cm³/mol. The van der Waals surface area contributed by atoms with Crippen LogP contribution in [0, 0.1) is 0 Å². The Morgan fingerprint density at radius 3 is 2.20 bits per heavy atom. The van der Waals surface area contributed by atoms with E-state index >= 15 is 0 Å². The molecule has 0 aromatic carbocycles. The van der Waals surface area contributed by atoms with E-state index in [0.717, 1.165) is 0 Å². The van der Waals surface area contributed by atoms with Crippen LogP contribution >= 0.6 is 15.9 Å². The molecule has 1 nitrogen and oxygen atoms in total. The van der Waals surface area contributed by atoms with E-state index in [1.54, 1.807) is 6.92 Å². The fraction of sp³-hybridized carbons (Fsp3) is 0.286. The first kappa shape index (κ1) is 9.56. The van der Waals surface area contributed by atoms with E-state index in [4.69, 9.17) is 0 Å². The summed E-state index contributed by atoms with van der Waals surface area (Å²) < 4.78 is 12.8. The highest BCUT2D eigenvalue weighted by molar-refractivity contribution is 9.11. The Morgan fingerprint density at radius 1 is 1.60 bits per heavy atom. The summed E-state index contributed by atoms with van der Waals surface area (Å²) >= 11 is 2.99. The molecule has 0 aliphatic rings.